The van der Waals surface area contributed by atoms with Gasteiger partial charge in [-0.05, 0) is 31.5 Å². The minimum atomic E-state index is -0.805. The summed E-state index contributed by atoms with van der Waals surface area (Å²) in [5.74, 6) is -0.805. The lowest BCUT2D eigenvalue weighted by molar-refractivity contribution is -0.135. The van der Waals surface area contributed by atoms with E-state index in [0.29, 0.717) is 13.1 Å². The summed E-state index contributed by atoms with van der Waals surface area (Å²) in [7, 11) is 0. The Kier molecular flexibility index (Phi) is 19.2. The fraction of sp³-hybridized carbons (Fsp3) is 0.647. The lowest BCUT2D eigenvalue weighted by atomic mass is 10.2. The number of carboxylic acid groups (broad SMARTS) is 1. The predicted octanol–water partition coefficient (Wildman–Crippen LogP) is 1.79. The van der Waals surface area contributed by atoms with Crippen LogP contribution in [0.2, 0.25) is 0 Å². The van der Waals surface area contributed by atoms with Gasteiger partial charge in [-0.25, -0.2) is 0 Å². The summed E-state index contributed by atoms with van der Waals surface area (Å²) >= 11 is 0. The van der Waals surface area contributed by atoms with Crippen LogP contribution in [-0.4, -0.2) is 42.2 Å². The number of rotatable bonds is 9. The van der Waals surface area contributed by atoms with Crippen LogP contribution >= 0.6 is 0 Å². The van der Waals surface area contributed by atoms with Crippen molar-refractivity contribution in [1.29, 1.82) is 0 Å². The second-order valence-corrected chi connectivity index (χ2v) is 4.50. The Balaban J connectivity index is 0. The topological polar surface area (TPSA) is 100 Å². The zero-order valence-corrected chi connectivity index (χ0v) is 15.1. The average Bonchev–Trinajstić information content (AvgIpc) is 2.60. The molecule has 0 aliphatic carbocycles. The van der Waals surface area contributed by atoms with Crippen molar-refractivity contribution >= 4 is 5.97 Å². The molecule has 23 heavy (non-hydrogen) atoms. The first-order valence-electron chi connectivity index (χ1n) is 8.42. The highest BCUT2D eigenvalue weighted by atomic mass is 16.4. The van der Waals surface area contributed by atoms with Crippen molar-refractivity contribution in [3.8, 4) is 0 Å². The number of carboxylic acids is 1. The third-order valence-corrected chi connectivity index (χ3v) is 2.62. The molecule has 0 aliphatic rings. The normalized spacial score (nSPS) is 9.26. The van der Waals surface area contributed by atoms with Gasteiger partial charge in [-0.1, -0.05) is 33.8 Å². The molecule has 0 saturated carbocycles. The van der Waals surface area contributed by atoms with E-state index in [1.807, 2.05) is 32.0 Å². The summed E-state index contributed by atoms with van der Waals surface area (Å²) in [5.41, 5.74) is 7.50. The molecule has 0 aliphatic heterocycles. The van der Waals surface area contributed by atoms with Crippen LogP contribution in [0.4, 0.5) is 0 Å². The van der Waals surface area contributed by atoms with Crippen LogP contribution in [0, 0.1) is 0 Å². The van der Waals surface area contributed by atoms with Gasteiger partial charge in [0.15, 0.2) is 0 Å². The molecule has 0 fully saturated rings. The van der Waals surface area contributed by atoms with Crippen molar-refractivity contribution in [3.63, 3.8) is 0 Å². The van der Waals surface area contributed by atoms with Crippen LogP contribution in [0.15, 0.2) is 18.2 Å². The number of aromatic nitrogens is 1. The quantitative estimate of drug-likeness (QED) is 0.516. The third kappa shape index (κ3) is 16.7. The molecular weight excluding hydrogens is 292 g/mol. The lowest BCUT2D eigenvalue weighted by Gasteiger charge is -2.02. The van der Waals surface area contributed by atoms with E-state index in [4.69, 9.17) is 10.8 Å². The molecule has 134 valence electrons. The number of pyridine rings is 1. The summed E-state index contributed by atoms with van der Waals surface area (Å²) in [6, 6.07) is 5.95. The summed E-state index contributed by atoms with van der Waals surface area (Å²) in [5, 5.41) is 14.2. The first-order valence-corrected chi connectivity index (χ1v) is 8.42. The van der Waals surface area contributed by atoms with Crippen LogP contribution in [0.5, 0.6) is 0 Å². The van der Waals surface area contributed by atoms with Gasteiger partial charge in [-0.3, -0.25) is 9.78 Å². The van der Waals surface area contributed by atoms with Crippen LogP contribution in [-0.2, 0) is 17.8 Å². The van der Waals surface area contributed by atoms with Crippen molar-refractivity contribution in [1.82, 2.24) is 15.6 Å². The van der Waals surface area contributed by atoms with Gasteiger partial charge in [0.25, 0.3) is 0 Å². The Morgan fingerprint density at radius 2 is 1.74 bits per heavy atom. The molecular formula is C17H34N4O2. The molecule has 0 aromatic carbocycles. The number of nitrogens with one attached hydrogen (secondary N) is 2. The van der Waals surface area contributed by atoms with E-state index in [0.717, 1.165) is 37.3 Å². The standard InChI is InChI=1S/C8H12N2.C7H16N2O2.C2H6/c1-2-7-4-3-5-8(6-9)10-7;1-2-3-8-4-5-9-6-7(10)11;1-2/h3-5H,2,6,9H2,1H3;8-9H,2-6H2,1H3,(H,10,11);1-2H3. The second kappa shape index (κ2) is 18.5. The summed E-state index contributed by atoms with van der Waals surface area (Å²) in [4.78, 5) is 14.3. The zero-order chi connectivity index (χ0) is 17.9. The van der Waals surface area contributed by atoms with Crippen LogP contribution in [0.3, 0.4) is 0 Å². The van der Waals surface area contributed by atoms with E-state index < -0.39 is 5.97 Å². The van der Waals surface area contributed by atoms with Gasteiger partial charge in [0.1, 0.15) is 0 Å². The molecule has 1 rings (SSSR count). The largest absolute Gasteiger partial charge is 0.480 e. The molecule has 5 N–H and O–H groups in total. The summed E-state index contributed by atoms with van der Waals surface area (Å²) in [6.07, 6.45) is 2.09. The summed E-state index contributed by atoms with van der Waals surface area (Å²) in [6.45, 7) is 11.3. The minimum absolute atomic E-state index is 0.0494. The first kappa shape index (κ1) is 23.8. The number of nitrogens with zero attached hydrogens (tertiary/aromatic N) is 1. The number of aliphatic carboxylic acids is 1. The van der Waals surface area contributed by atoms with Crippen LogP contribution < -0.4 is 16.4 Å². The molecule has 1 aromatic rings. The monoisotopic (exact) mass is 326 g/mol. The van der Waals surface area contributed by atoms with E-state index in [1.54, 1.807) is 0 Å². The van der Waals surface area contributed by atoms with Gasteiger partial charge >= 0.3 is 5.97 Å². The van der Waals surface area contributed by atoms with E-state index >= 15 is 0 Å². The van der Waals surface area contributed by atoms with Gasteiger partial charge in [0.2, 0.25) is 0 Å². The van der Waals surface area contributed by atoms with Crippen molar-refractivity contribution in [3.05, 3.63) is 29.6 Å². The smallest absolute Gasteiger partial charge is 0.317 e. The minimum Gasteiger partial charge on any atom is -0.480 e. The van der Waals surface area contributed by atoms with E-state index in [9.17, 15) is 4.79 Å². The number of aryl methyl sites for hydroxylation is 1. The fourth-order valence-corrected chi connectivity index (χ4v) is 1.51. The molecule has 6 heteroatoms. The second-order valence-electron chi connectivity index (χ2n) is 4.50. The van der Waals surface area contributed by atoms with Gasteiger partial charge in [0, 0.05) is 25.3 Å². The SMILES string of the molecule is CC.CCCNCCNCC(=O)O.CCc1cccc(CN)n1. The van der Waals surface area contributed by atoms with Crippen molar-refractivity contribution in [2.45, 2.75) is 47.1 Å². The highest BCUT2D eigenvalue weighted by Gasteiger charge is 1.93. The Morgan fingerprint density at radius 3 is 2.26 bits per heavy atom. The maximum Gasteiger partial charge on any atom is 0.317 e. The maximum absolute atomic E-state index is 10.0. The van der Waals surface area contributed by atoms with Gasteiger partial charge in [0.05, 0.1) is 12.2 Å². The molecule has 1 heterocycles. The Morgan fingerprint density at radius 1 is 1.13 bits per heavy atom. The number of nitrogens with two attached hydrogens (primary N) is 1. The third-order valence-electron chi connectivity index (χ3n) is 2.62. The van der Waals surface area contributed by atoms with Crippen LogP contribution in [0.25, 0.3) is 0 Å². The molecule has 0 amide bonds. The van der Waals surface area contributed by atoms with Crippen molar-refractivity contribution in [2.75, 3.05) is 26.2 Å². The molecule has 0 unspecified atom stereocenters. The fourth-order valence-electron chi connectivity index (χ4n) is 1.51. The molecule has 1 aromatic heterocycles. The first-order chi connectivity index (χ1) is 11.1. The number of carbonyl (C=O) groups is 1. The maximum atomic E-state index is 10.0. The Bertz CT molecular complexity index is 367. The van der Waals surface area contributed by atoms with Crippen molar-refractivity contribution in [2.24, 2.45) is 5.73 Å². The van der Waals surface area contributed by atoms with E-state index in [1.165, 1.54) is 0 Å². The van der Waals surface area contributed by atoms with Crippen molar-refractivity contribution < 1.29 is 9.90 Å². The molecule has 0 spiro atoms. The molecule has 0 bridgehead atoms. The van der Waals surface area contributed by atoms with E-state index in [2.05, 4.69) is 29.5 Å². The van der Waals surface area contributed by atoms with Gasteiger partial charge in [-0.2, -0.15) is 0 Å². The lowest BCUT2D eigenvalue weighted by Crippen LogP contribution is -2.31. The zero-order valence-electron chi connectivity index (χ0n) is 15.1. The Hall–Kier alpha value is -1.50. The van der Waals surface area contributed by atoms with Gasteiger partial charge in [-0.15, -0.1) is 0 Å². The highest BCUT2D eigenvalue weighted by Crippen LogP contribution is 1.98. The number of hydrogen-bond donors (Lipinski definition) is 4. The Labute approximate surface area is 140 Å². The average molecular weight is 326 g/mol. The highest BCUT2D eigenvalue weighted by molar-refractivity contribution is 5.68. The molecule has 0 atom stereocenters. The molecule has 0 radical (unpaired) electrons. The molecule has 6 nitrogen and oxygen atoms in total. The van der Waals surface area contributed by atoms with E-state index in [-0.39, 0.29) is 6.54 Å². The summed E-state index contributed by atoms with van der Waals surface area (Å²) < 4.78 is 0. The predicted molar refractivity (Wildman–Crippen MR) is 96.5 cm³/mol. The molecule has 0 saturated heterocycles. The van der Waals surface area contributed by atoms with Gasteiger partial charge < -0.3 is 21.5 Å². The van der Waals surface area contributed by atoms with Crippen LogP contribution in [0.1, 0.15) is 45.5 Å². The number of hydrogen-bond acceptors (Lipinski definition) is 5.